The number of nitrogens with zero attached hydrogens (tertiary/aromatic N) is 2. The zero-order chi connectivity index (χ0) is 14.1. The molecule has 0 bridgehead atoms. The van der Waals surface area contributed by atoms with E-state index in [1.807, 2.05) is 12.1 Å². The number of rotatable bonds is 1. The fraction of sp³-hybridized carbons (Fsp3) is 0.200. The molecule has 0 saturated carbocycles. The van der Waals surface area contributed by atoms with Gasteiger partial charge in [0.2, 0.25) is 0 Å². The van der Waals surface area contributed by atoms with Gasteiger partial charge in [-0.2, -0.15) is 0 Å². The quantitative estimate of drug-likeness (QED) is 0.820. The zero-order valence-electron chi connectivity index (χ0n) is 10.8. The average Bonchev–Trinajstić information content (AvgIpc) is 2.47. The molecule has 2 aromatic rings. The summed E-state index contributed by atoms with van der Waals surface area (Å²) in [6, 6.07) is 9.20. The Morgan fingerprint density at radius 1 is 1.30 bits per heavy atom. The molecular formula is C15H14ClN3O. The van der Waals surface area contributed by atoms with E-state index >= 15 is 0 Å². The number of benzene rings is 1. The number of carbonyl (C=O) groups is 1. The lowest BCUT2D eigenvalue weighted by Crippen LogP contribution is -2.36. The van der Waals surface area contributed by atoms with Crippen LogP contribution in [0.3, 0.4) is 0 Å². The molecule has 4 nitrogen and oxygen atoms in total. The van der Waals surface area contributed by atoms with Crippen molar-refractivity contribution < 1.29 is 4.79 Å². The molecule has 0 radical (unpaired) electrons. The van der Waals surface area contributed by atoms with Gasteiger partial charge in [0.05, 0.1) is 5.02 Å². The molecule has 1 amide bonds. The Morgan fingerprint density at radius 2 is 2.15 bits per heavy atom. The highest BCUT2D eigenvalue weighted by molar-refractivity contribution is 6.30. The summed E-state index contributed by atoms with van der Waals surface area (Å²) in [4.78, 5) is 18.3. The molecule has 0 fully saturated rings. The first-order valence-electron chi connectivity index (χ1n) is 6.42. The number of fused-ring (bicyclic) bond motifs is 1. The molecule has 5 heteroatoms. The van der Waals surface area contributed by atoms with Crippen molar-refractivity contribution in [1.29, 1.82) is 0 Å². The third-order valence-electron chi connectivity index (χ3n) is 3.54. The molecule has 102 valence electrons. The van der Waals surface area contributed by atoms with Crippen LogP contribution in [-0.4, -0.2) is 22.3 Å². The highest BCUT2D eigenvalue weighted by atomic mass is 35.5. The first-order valence-corrected chi connectivity index (χ1v) is 6.80. The molecule has 1 aromatic heterocycles. The molecule has 0 saturated heterocycles. The first kappa shape index (κ1) is 12.9. The van der Waals surface area contributed by atoms with Crippen LogP contribution in [0, 0.1) is 0 Å². The highest BCUT2D eigenvalue weighted by Gasteiger charge is 2.23. The molecule has 1 aliphatic heterocycles. The summed E-state index contributed by atoms with van der Waals surface area (Å²) in [5.41, 5.74) is 9.40. The minimum atomic E-state index is -0.0874. The number of pyridine rings is 1. The number of anilines is 1. The summed E-state index contributed by atoms with van der Waals surface area (Å²) in [5.74, 6) is -0.0874. The molecule has 2 N–H and O–H groups in total. The van der Waals surface area contributed by atoms with E-state index in [0.717, 1.165) is 17.7 Å². The molecule has 0 aliphatic carbocycles. The Labute approximate surface area is 122 Å². The van der Waals surface area contributed by atoms with Gasteiger partial charge >= 0.3 is 0 Å². The van der Waals surface area contributed by atoms with E-state index in [4.69, 9.17) is 17.3 Å². The Bertz CT molecular complexity index is 655. The summed E-state index contributed by atoms with van der Waals surface area (Å²) in [6.45, 7) is 1.21. The molecule has 1 aromatic carbocycles. The number of amides is 1. The molecule has 0 unspecified atom stereocenters. The predicted octanol–water partition coefficient (Wildman–Crippen LogP) is 2.52. The molecule has 1 aliphatic rings. The van der Waals surface area contributed by atoms with Crippen molar-refractivity contribution in [3.63, 3.8) is 0 Å². The summed E-state index contributed by atoms with van der Waals surface area (Å²) >= 11 is 5.79. The van der Waals surface area contributed by atoms with Crippen LogP contribution in [0.4, 0.5) is 5.69 Å². The van der Waals surface area contributed by atoms with E-state index in [0.29, 0.717) is 23.8 Å². The van der Waals surface area contributed by atoms with Crippen molar-refractivity contribution in [3.05, 3.63) is 58.4 Å². The minimum absolute atomic E-state index is 0.0874. The normalized spacial score (nSPS) is 13.9. The van der Waals surface area contributed by atoms with Crippen LogP contribution in [-0.2, 0) is 13.0 Å². The van der Waals surface area contributed by atoms with Crippen LogP contribution in [0.5, 0.6) is 0 Å². The highest BCUT2D eigenvalue weighted by Crippen LogP contribution is 2.25. The fourth-order valence-corrected chi connectivity index (χ4v) is 2.56. The third-order valence-corrected chi connectivity index (χ3v) is 3.77. The van der Waals surface area contributed by atoms with Gasteiger partial charge in [-0.3, -0.25) is 4.79 Å². The van der Waals surface area contributed by atoms with Crippen molar-refractivity contribution >= 4 is 23.2 Å². The fourth-order valence-electron chi connectivity index (χ4n) is 2.44. The lowest BCUT2D eigenvalue weighted by molar-refractivity contribution is 0.0729. The molecule has 0 atom stereocenters. The van der Waals surface area contributed by atoms with Gasteiger partial charge in [-0.05, 0) is 35.7 Å². The van der Waals surface area contributed by atoms with Gasteiger partial charge < -0.3 is 10.6 Å². The van der Waals surface area contributed by atoms with Gasteiger partial charge in [0.25, 0.3) is 5.91 Å². The van der Waals surface area contributed by atoms with E-state index in [1.165, 1.54) is 11.8 Å². The van der Waals surface area contributed by atoms with Crippen LogP contribution in [0.15, 0.2) is 36.5 Å². The van der Waals surface area contributed by atoms with Crippen LogP contribution in [0.1, 0.15) is 21.6 Å². The van der Waals surface area contributed by atoms with E-state index < -0.39 is 0 Å². The lowest BCUT2D eigenvalue weighted by Gasteiger charge is -2.29. The van der Waals surface area contributed by atoms with Crippen molar-refractivity contribution in [2.45, 2.75) is 13.0 Å². The average molecular weight is 288 g/mol. The Kier molecular flexibility index (Phi) is 3.32. The Balaban J connectivity index is 1.85. The number of hydrogen-bond donors (Lipinski definition) is 1. The third kappa shape index (κ3) is 2.34. The van der Waals surface area contributed by atoms with Gasteiger partial charge in [0.1, 0.15) is 5.69 Å². The standard InChI is InChI=1S/C15H14ClN3O/c16-11-4-5-14(18-8-11)15(20)19-7-6-10-2-1-3-13(17)12(10)9-19/h1-5,8H,6-7,9,17H2. The maximum atomic E-state index is 12.4. The summed E-state index contributed by atoms with van der Waals surface area (Å²) in [7, 11) is 0. The number of aromatic nitrogens is 1. The molecule has 0 spiro atoms. The zero-order valence-corrected chi connectivity index (χ0v) is 11.6. The van der Waals surface area contributed by atoms with E-state index in [1.54, 1.807) is 17.0 Å². The van der Waals surface area contributed by atoms with Gasteiger partial charge in [-0.25, -0.2) is 4.98 Å². The van der Waals surface area contributed by atoms with E-state index in [9.17, 15) is 4.79 Å². The van der Waals surface area contributed by atoms with Crippen LogP contribution in [0.25, 0.3) is 0 Å². The largest absolute Gasteiger partial charge is 0.398 e. The van der Waals surface area contributed by atoms with Crippen molar-refractivity contribution in [2.75, 3.05) is 12.3 Å². The van der Waals surface area contributed by atoms with Gasteiger partial charge in [-0.15, -0.1) is 0 Å². The Hall–Kier alpha value is -2.07. The van der Waals surface area contributed by atoms with Crippen LogP contribution < -0.4 is 5.73 Å². The van der Waals surface area contributed by atoms with Crippen LogP contribution in [0.2, 0.25) is 5.02 Å². The maximum Gasteiger partial charge on any atom is 0.272 e. The second-order valence-electron chi connectivity index (χ2n) is 4.82. The van der Waals surface area contributed by atoms with Gasteiger partial charge in [-0.1, -0.05) is 23.7 Å². The summed E-state index contributed by atoms with van der Waals surface area (Å²) < 4.78 is 0. The topological polar surface area (TPSA) is 59.2 Å². The maximum absolute atomic E-state index is 12.4. The summed E-state index contributed by atoms with van der Waals surface area (Å²) in [5, 5.41) is 0.523. The van der Waals surface area contributed by atoms with Crippen molar-refractivity contribution in [1.82, 2.24) is 9.88 Å². The number of nitrogens with two attached hydrogens (primary N) is 1. The minimum Gasteiger partial charge on any atom is -0.398 e. The van der Waals surface area contributed by atoms with Gasteiger partial charge in [0, 0.05) is 25.0 Å². The van der Waals surface area contributed by atoms with E-state index in [2.05, 4.69) is 11.1 Å². The monoisotopic (exact) mass is 287 g/mol. The SMILES string of the molecule is Nc1cccc2c1CN(C(=O)c1ccc(Cl)cn1)CC2. The second kappa shape index (κ2) is 5.13. The number of carbonyl (C=O) groups excluding carboxylic acids is 1. The molecule has 2 heterocycles. The molecule has 20 heavy (non-hydrogen) atoms. The van der Waals surface area contributed by atoms with Crippen molar-refractivity contribution in [2.24, 2.45) is 0 Å². The second-order valence-corrected chi connectivity index (χ2v) is 5.26. The van der Waals surface area contributed by atoms with E-state index in [-0.39, 0.29) is 5.91 Å². The lowest BCUT2D eigenvalue weighted by atomic mass is 9.98. The number of hydrogen-bond acceptors (Lipinski definition) is 3. The number of halogens is 1. The van der Waals surface area contributed by atoms with Gasteiger partial charge in [0.15, 0.2) is 0 Å². The van der Waals surface area contributed by atoms with Crippen LogP contribution >= 0.6 is 11.6 Å². The van der Waals surface area contributed by atoms with Crippen molar-refractivity contribution in [3.8, 4) is 0 Å². The first-order chi connectivity index (χ1) is 9.65. The molecule has 3 rings (SSSR count). The smallest absolute Gasteiger partial charge is 0.272 e. The summed E-state index contributed by atoms with van der Waals surface area (Å²) in [6.07, 6.45) is 2.31. The Morgan fingerprint density at radius 3 is 2.90 bits per heavy atom. The molecular weight excluding hydrogens is 274 g/mol. The number of nitrogen functional groups attached to an aromatic ring is 1. The predicted molar refractivity (Wildman–Crippen MR) is 78.5 cm³/mol.